The molecule has 154 valence electrons. The number of hydrogen-bond donors (Lipinski definition) is 1. The summed E-state index contributed by atoms with van der Waals surface area (Å²) < 4.78 is 54.6. The molecule has 0 saturated heterocycles. The first-order chi connectivity index (χ1) is 14.4. The highest BCUT2D eigenvalue weighted by atomic mass is 32.2. The number of nitrogens with one attached hydrogen (secondary N) is 1. The van der Waals surface area contributed by atoms with Gasteiger partial charge in [0.1, 0.15) is 11.6 Å². The molecule has 8 heteroatoms. The zero-order valence-electron chi connectivity index (χ0n) is 15.8. The number of anilines is 2. The molecule has 0 spiro atoms. The molecule has 0 bridgehead atoms. The van der Waals surface area contributed by atoms with Crippen LogP contribution in [0.5, 0.6) is 0 Å². The van der Waals surface area contributed by atoms with Gasteiger partial charge in [-0.3, -0.25) is 9.10 Å². The smallest absolute Gasteiger partial charge is 0.264 e. The molecule has 3 aromatic carbocycles. The van der Waals surface area contributed by atoms with Crippen molar-refractivity contribution in [2.75, 3.05) is 16.2 Å². The monoisotopic (exact) mass is 428 g/mol. The fourth-order valence-electron chi connectivity index (χ4n) is 3.46. The lowest BCUT2D eigenvalue weighted by Crippen LogP contribution is -2.35. The number of aryl methyl sites for hydroxylation is 1. The highest BCUT2D eigenvalue weighted by Crippen LogP contribution is 2.34. The molecule has 1 aliphatic rings. The van der Waals surface area contributed by atoms with Crippen molar-refractivity contribution < 1.29 is 22.0 Å². The number of sulfonamides is 1. The average Bonchev–Trinajstić information content (AvgIpc) is 2.73. The summed E-state index contributed by atoms with van der Waals surface area (Å²) in [5.41, 5.74) is 1.33. The van der Waals surface area contributed by atoms with Gasteiger partial charge in [0.25, 0.3) is 15.9 Å². The van der Waals surface area contributed by atoms with Crippen molar-refractivity contribution in [2.45, 2.75) is 17.7 Å². The van der Waals surface area contributed by atoms with E-state index in [2.05, 4.69) is 5.32 Å². The molecule has 0 atom stereocenters. The molecular weight excluding hydrogens is 410 g/mol. The van der Waals surface area contributed by atoms with Gasteiger partial charge in [-0.05, 0) is 54.8 Å². The van der Waals surface area contributed by atoms with Crippen LogP contribution in [-0.4, -0.2) is 20.9 Å². The third-order valence-electron chi connectivity index (χ3n) is 4.93. The lowest BCUT2D eigenvalue weighted by atomic mass is 10.0. The average molecular weight is 428 g/mol. The van der Waals surface area contributed by atoms with Crippen LogP contribution in [0.25, 0.3) is 0 Å². The SMILES string of the molecule is O=C(Nc1ccc2c(c1)N(S(=O)(=O)c1ccccc1)CCC2)c1ccc(F)cc1F. The third-order valence-corrected chi connectivity index (χ3v) is 6.75. The van der Waals surface area contributed by atoms with E-state index in [-0.39, 0.29) is 10.5 Å². The van der Waals surface area contributed by atoms with Crippen LogP contribution in [0.2, 0.25) is 0 Å². The van der Waals surface area contributed by atoms with Gasteiger partial charge >= 0.3 is 0 Å². The maximum Gasteiger partial charge on any atom is 0.264 e. The van der Waals surface area contributed by atoms with Crippen molar-refractivity contribution in [3.63, 3.8) is 0 Å². The number of carbonyl (C=O) groups excluding carboxylic acids is 1. The van der Waals surface area contributed by atoms with Crippen LogP contribution in [-0.2, 0) is 16.4 Å². The van der Waals surface area contributed by atoms with E-state index >= 15 is 0 Å². The number of halogens is 2. The first-order valence-corrected chi connectivity index (χ1v) is 10.8. The second-order valence-electron chi connectivity index (χ2n) is 6.92. The van der Waals surface area contributed by atoms with E-state index in [4.69, 9.17) is 0 Å². The van der Waals surface area contributed by atoms with Crippen LogP contribution >= 0.6 is 0 Å². The Morgan fingerprint density at radius 3 is 2.47 bits per heavy atom. The van der Waals surface area contributed by atoms with Gasteiger partial charge in [-0.15, -0.1) is 0 Å². The molecule has 0 fully saturated rings. The van der Waals surface area contributed by atoms with E-state index < -0.39 is 27.6 Å². The summed E-state index contributed by atoms with van der Waals surface area (Å²) in [7, 11) is -3.77. The Labute approximate surface area is 173 Å². The van der Waals surface area contributed by atoms with E-state index in [9.17, 15) is 22.0 Å². The predicted molar refractivity (Wildman–Crippen MR) is 110 cm³/mol. The maximum atomic E-state index is 13.9. The van der Waals surface area contributed by atoms with Crippen LogP contribution in [0, 0.1) is 11.6 Å². The molecule has 0 radical (unpaired) electrons. The fraction of sp³-hybridized carbons (Fsp3) is 0.136. The molecule has 4 rings (SSSR count). The number of rotatable bonds is 4. The van der Waals surface area contributed by atoms with Crippen molar-refractivity contribution in [1.82, 2.24) is 0 Å². The highest BCUT2D eigenvalue weighted by Gasteiger charge is 2.29. The van der Waals surface area contributed by atoms with Crippen LogP contribution in [0.4, 0.5) is 20.2 Å². The minimum atomic E-state index is -3.77. The first kappa shape index (κ1) is 20.0. The zero-order chi connectivity index (χ0) is 21.3. The maximum absolute atomic E-state index is 13.9. The third kappa shape index (κ3) is 3.78. The second kappa shape index (κ2) is 7.87. The Balaban J connectivity index is 1.66. The number of benzene rings is 3. The Bertz CT molecular complexity index is 1210. The van der Waals surface area contributed by atoms with Gasteiger partial charge in [0.2, 0.25) is 0 Å². The van der Waals surface area contributed by atoms with Crippen LogP contribution in [0.15, 0.2) is 71.6 Å². The summed E-state index contributed by atoms with van der Waals surface area (Å²) in [6.45, 7) is 0.314. The zero-order valence-corrected chi connectivity index (χ0v) is 16.6. The highest BCUT2D eigenvalue weighted by molar-refractivity contribution is 7.92. The molecule has 0 aromatic heterocycles. The van der Waals surface area contributed by atoms with Gasteiger partial charge < -0.3 is 5.32 Å². The Morgan fingerprint density at radius 2 is 1.73 bits per heavy atom. The molecule has 3 aromatic rings. The number of fused-ring (bicyclic) bond motifs is 1. The van der Waals surface area contributed by atoms with E-state index in [0.717, 1.165) is 17.7 Å². The normalized spacial score (nSPS) is 13.6. The van der Waals surface area contributed by atoms with E-state index in [1.54, 1.807) is 36.4 Å². The second-order valence-corrected chi connectivity index (χ2v) is 8.78. The molecule has 0 aliphatic carbocycles. The summed E-state index contributed by atoms with van der Waals surface area (Å²) in [5, 5.41) is 2.56. The van der Waals surface area contributed by atoms with E-state index in [0.29, 0.717) is 36.8 Å². The topological polar surface area (TPSA) is 66.5 Å². The summed E-state index contributed by atoms with van der Waals surface area (Å²) in [6.07, 6.45) is 1.38. The Kier molecular flexibility index (Phi) is 5.26. The van der Waals surface area contributed by atoms with Crippen LogP contribution in [0.1, 0.15) is 22.3 Å². The standard InChI is InChI=1S/C22H18F2N2O3S/c23-16-9-11-19(20(24)13-16)22(27)25-17-10-8-15-5-4-12-26(21(15)14-17)30(28,29)18-6-2-1-3-7-18/h1-3,6-11,13-14H,4-5,12H2,(H,25,27). The van der Waals surface area contributed by atoms with Crippen molar-refractivity contribution in [2.24, 2.45) is 0 Å². The molecule has 1 aliphatic heterocycles. The Morgan fingerprint density at radius 1 is 0.967 bits per heavy atom. The molecule has 0 saturated carbocycles. The lowest BCUT2D eigenvalue weighted by molar-refractivity contribution is 0.102. The van der Waals surface area contributed by atoms with Gasteiger partial charge in [0.05, 0.1) is 16.1 Å². The molecule has 1 N–H and O–H groups in total. The lowest BCUT2D eigenvalue weighted by Gasteiger charge is -2.31. The largest absolute Gasteiger partial charge is 0.322 e. The number of hydrogen-bond acceptors (Lipinski definition) is 3. The van der Waals surface area contributed by atoms with Gasteiger partial charge in [-0.25, -0.2) is 17.2 Å². The number of carbonyl (C=O) groups is 1. The number of amides is 1. The van der Waals surface area contributed by atoms with Gasteiger partial charge in [0, 0.05) is 18.3 Å². The van der Waals surface area contributed by atoms with Gasteiger partial charge in [0.15, 0.2) is 0 Å². The van der Waals surface area contributed by atoms with Crippen molar-refractivity contribution in [3.05, 3.63) is 89.5 Å². The molecule has 30 heavy (non-hydrogen) atoms. The first-order valence-electron chi connectivity index (χ1n) is 9.33. The fourth-order valence-corrected chi connectivity index (χ4v) is 5.01. The number of nitrogens with zero attached hydrogens (tertiary/aromatic N) is 1. The summed E-state index contributed by atoms with van der Waals surface area (Å²) in [5.74, 6) is -2.50. The van der Waals surface area contributed by atoms with Crippen molar-refractivity contribution in [3.8, 4) is 0 Å². The molecule has 5 nitrogen and oxygen atoms in total. The predicted octanol–water partition coefficient (Wildman–Crippen LogP) is 4.36. The molecular formula is C22H18F2N2O3S. The van der Waals surface area contributed by atoms with Crippen LogP contribution < -0.4 is 9.62 Å². The molecule has 1 heterocycles. The summed E-state index contributed by atoms with van der Waals surface area (Å²) in [6, 6.07) is 15.8. The van der Waals surface area contributed by atoms with Gasteiger partial charge in [-0.2, -0.15) is 0 Å². The van der Waals surface area contributed by atoms with Crippen molar-refractivity contribution in [1.29, 1.82) is 0 Å². The molecule has 1 amide bonds. The van der Waals surface area contributed by atoms with Crippen LogP contribution in [0.3, 0.4) is 0 Å². The Hall–Kier alpha value is -3.26. The minimum absolute atomic E-state index is 0.181. The van der Waals surface area contributed by atoms with Crippen molar-refractivity contribution >= 4 is 27.3 Å². The quantitative estimate of drug-likeness (QED) is 0.672. The molecule has 0 unspecified atom stereocenters. The summed E-state index contributed by atoms with van der Waals surface area (Å²) in [4.78, 5) is 12.6. The summed E-state index contributed by atoms with van der Waals surface area (Å²) >= 11 is 0. The van der Waals surface area contributed by atoms with E-state index in [1.807, 2.05) is 0 Å². The van der Waals surface area contributed by atoms with Gasteiger partial charge in [-0.1, -0.05) is 24.3 Å². The minimum Gasteiger partial charge on any atom is -0.322 e. The van der Waals surface area contributed by atoms with E-state index in [1.165, 1.54) is 16.4 Å².